The molecule has 290 valence electrons. The minimum absolute atomic E-state index is 0.0232. The molecule has 3 nitrogen and oxygen atoms in total. The van der Waals surface area contributed by atoms with E-state index in [1.807, 2.05) is 0 Å². The minimum atomic E-state index is 0.0232. The molecule has 1 fully saturated rings. The molecule has 0 N–H and O–H groups in total. The van der Waals surface area contributed by atoms with Crippen molar-refractivity contribution in [1.82, 2.24) is 4.90 Å². The second-order valence-electron chi connectivity index (χ2n) is 15.9. The maximum Gasteiger partial charge on any atom is 0.306 e. The Morgan fingerprint density at radius 1 is 0.580 bits per heavy atom. The molecule has 0 amide bonds. The molecule has 0 aromatic rings. The molecule has 0 bridgehead atoms. The number of esters is 1. The van der Waals surface area contributed by atoms with Crippen molar-refractivity contribution in [3.63, 3.8) is 0 Å². The van der Waals surface area contributed by atoms with Gasteiger partial charge in [0.1, 0.15) is 6.10 Å². The van der Waals surface area contributed by atoms with E-state index in [0.29, 0.717) is 11.8 Å². The summed E-state index contributed by atoms with van der Waals surface area (Å²) in [5.74, 6) is 0.0232. The first-order chi connectivity index (χ1) is 24.5. The van der Waals surface area contributed by atoms with Gasteiger partial charge in [0, 0.05) is 6.42 Å². The Morgan fingerprint density at radius 2 is 1.00 bits per heavy atom. The second-order valence-corrected chi connectivity index (χ2v) is 15.9. The lowest BCUT2D eigenvalue weighted by molar-refractivity contribution is -0.149. The van der Waals surface area contributed by atoms with Crippen LogP contribution in [-0.4, -0.2) is 37.6 Å². The molecular weight excluding hydrogens is 611 g/mol. The van der Waals surface area contributed by atoms with Crippen LogP contribution in [0.25, 0.3) is 0 Å². The average Bonchev–Trinajstić information content (AvgIpc) is 3.49. The SMILES string of the molecule is CCCCC/C=C\C/C=C\CCCCCCCCC1(CCCCCCCC/C=C\C/C=C\CCCCC)CCC(OC(=O)CCCN(C)C)C1. The summed E-state index contributed by atoms with van der Waals surface area (Å²) in [5.41, 5.74) is 0.402. The summed E-state index contributed by atoms with van der Waals surface area (Å²) in [4.78, 5) is 14.7. The molecule has 1 saturated carbocycles. The Kier molecular flexibility index (Phi) is 32.0. The molecule has 0 saturated heterocycles. The van der Waals surface area contributed by atoms with Crippen molar-refractivity contribution in [3.05, 3.63) is 48.6 Å². The summed E-state index contributed by atoms with van der Waals surface area (Å²) in [7, 11) is 4.14. The largest absolute Gasteiger partial charge is 0.462 e. The molecule has 0 aromatic heterocycles. The standard InChI is InChI=1S/C47H85NO2/c1-5-7-9-11-13-15-17-19-21-23-25-27-29-31-33-35-40-47(42-39-45(44-47)50-46(49)38-37-43-48(3)4)41-36-34-32-30-28-26-24-22-20-18-16-14-12-10-8-6-2/h13-16,19-22,45H,5-12,17-18,23-44H2,1-4H3/b15-13-,16-14-,21-19-,22-20-. The van der Waals surface area contributed by atoms with E-state index in [1.54, 1.807) is 0 Å². The van der Waals surface area contributed by atoms with Gasteiger partial charge in [-0.3, -0.25) is 4.79 Å². The van der Waals surface area contributed by atoms with Crippen LogP contribution in [0.3, 0.4) is 0 Å². The van der Waals surface area contributed by atoms with Crippen molar-refractivity contribution in [2.45, 2.75) is 219 Å². The van der Waals surface area contributed by atoms with Crippen LogP contribution in [0.1, 0.15) is 213 Å². The van der Waals surface area contributed by atoms with Gasteiger partial charge in [-0.05, 0) is 129 Å². The molecule has 0 heterocycles. The van der Waals surface area contributed by atoms with E-state index in [9.17, 15) is 4.79 Å². The van der Waals surface area contributed by atoms with Crippen LogP contribution in [0.15, 0.2) is 48.6 Å². The molecular formula is C47H85NO2. The normalized spacial score (nSPS) is 16.4. The van der Waals surface area contributed by atoms with E-state index >= 15 is 0 Å². The van der Waals surface area contributed by atoms with E-state index in [4.69, 9.17) is 4.74 Å². The molecule has 1 aliphatic carbocycles. The number of hydrogen-bond donors (Lipinski definition) is 0. The third-order valence-electron chi connectivity index (χ3n) is 10.8. The molecule has 0 aromatic carbocycles. The van der Waals surface area contributed by atoms with Gasteiger partial charge in [0.15, 0.2) is 0 Å². The number of nitrogens with zero attached hydrogens (tertiary/aromatic N) is 1. The molecule has 3 heteroatoms. The van der Waals surface area contributed by atoms with Gasteiger partial charge in [-0.2, -0.15) is 0 Å². The maximum absolute atomic E-state index is 12.6. The van der Waals surface area contributed by atoms with Gasteiger partial charge in [-0.15, -0.1) is 0 Å². The molecule has 1 rings (SSSR count). The number of allylic oxidation sites excluding steroid dienone is 8. The van der Waals surface area contributed by atoms with Gasteiger partial charge >= 0.3 is 5.97 Å². The van der Waals surface area contributed by atoms with Gasteiger partial charge in [0.05, 0.1) is 0 Å². The van der Waals surface area contributed by atoms with Gasteiger partial charge in [-0.25, -0.2) is 0 Å². The second kappa shape index (κ2) is 34.5. The smallest absolute Gasteiger partial charge is 0.306 e. The van der Waals surface area contributed by atoms with Crippen molar-refractivity contribution in [1.29, 1.82) is 0 Å². The summed E-state index contributed by atoms with van der Waals surface area (Å²) < 4.78 is 6.04. The monoisotopic (exact) mass is 696 g/mol. The average molecular weight is 696 g/mol. The highest BCUT2D eigenvalue weighted by Gasteiger charge is 2.39. The Balaban J connectivity index is 2.28. The van der Waals surface area contributed by atoms with E-state index in [0.717, 1.165) is 38.6 Å². The zero-order chi connectivity index (χ0) is 36.2. The van der Waals surface area contributed by atoms with Crippen LogP contribution in [-0.2, 0) is 9.53 Å². The van der Waals surface area contributed by atoms with Crippen LogP contribution >= 0.6 is 0 Å². The van der Waals surface area contributed by atoms with Crippen molar-refractivity contribution in [3.8, 4) is 0 Å². The lowest BCUT2D eigenvalue weighted by Gasteiger charge is -2.30. The fourth-order valence-corrected chi connectivity index (χ4v) is 7.59. The quantitative estimate of drug-likeness (QED) is 0.0375. The topological polar surface area (TPSA) is 29.5 Å². The Bertz CT molecular complexity index is 820. The molecule has 0 spiro atoms. The fraction of sp³-hybridized carbons (Fsp3) is 0.809. The fourth-order valence-electron chi connectivity index (χ4n) is 7.59. The highest BCUT2D eigenvalue weighted by atomic mass is 16.5. The van der Waals surface area contributed by atoms with Crippen LogP contribution in [0.2, 0.25) is 0 Å². The van der Waals surface area contributed by atoms with Crippen molar-refractivity contribution >= 4 is 5.97 Å². The summed E-state index contributed by atoms with van der Waals surface area (Å²) in [6.45, 7) is 5.49. The van der Waals surface area contributed by atoms with Gasteiger partial charge in [0.2, 0.25) is 0 Å². The number of carbonyl (C=O) groups excluding carboxylic acids is 1. The summed E-state index contributed by atoms with van der Waals surface area (Å²) in [6.07, 6.45) is 57.9. The minimum Gasteiger partial charge on any atom is -0.462 e. The van der Waals surface area contributed by atoms with Crippen LogP contribution in [0.5, 0.6) is 0 Å². The predicted octanol–water partition coefficient (Wildman–Crippen LogP) is 14.8. The summed E-state index contributed by atoms with van der Waals surface area (Å²) in [5, 5.41) is 0. The van der Waals surface area contributed by atoms with Crippen molar-refractivity contribution in [2.75, 3.05) is 20.6 Å². The molecule has 50 heavy (non-hydrogen) atoms. The first-order valence-corrected chi connectivity index (χ1v) is 22.0. The maximum atomic E-state index is 12.6. The zero-order valence-electron chi connectivity index (χ0n) is 34.1. The van der Waals surface area contributed by atoms with Gasteiger partial charge < -0.3 is 9.64 Å². The number of hydrogen-bond acceptors (Lipinski definition) is 3. The van der Waals surface area contributed by atoms with E-state index in [-0.39, 0.29) is 12.1 Å². The number of rotatable bonds is 35. The Hall–Kier alpha value is -1.61. The third kappa shape index (κ3) is 29.0. The number of carbonyl (C=O) groups is 1. The lowest BCUT2D eigenvalue weighted by atomic mass is 9.76. The van der Waals surface area contributed by atoms with Gasteiger partial charge in [-0.1, -0.05) is 152 Å². The Labute approximate surface area is 313 Å². The van der Waals surface area contributed by atoms with Crippen LogP contribution < -0.4 is 0 Å². The van der Waals surface area contributed by atoms with E-state index < -0.39 is 0 Å². The highest BCUT2D eigenvalue weighted by Crippen LogP contribution is 2.47. The summed E-state index contributed by atoms with van der Waals surface area (Å²) in [6, 6.07) is 0. The molecule has 1 atom stereocenters. The van der Waals surface area contributed by atoms with Crippen LogP contribution in [0.4, 0.5) is 0 Å². The first kappa shape index (κ1) is 46.4. The van der Waals surface area contributed by atoms with E-state index in [1.165, 1.54) is 161 Å². The van der Waals surface area contributed by atoms with Crippen molar-refractivity contribution in [2.24, 2.45) is 5.41 Å². The third-order valence-corrected chi connectivity index (χ3v) is 10.8. The zero-order valence-corrected chi connectivity index (χ0v) is 34.1. The molecule has 0 radical (unpaired) electrons. The summed E-state index contributed by atoms with van der Waals surface area (Å²) >= 11 is 0. The molecule has 1 unspecified atom stereocenters. The number of ether oxygens (including phenoxy) is 1. The molecule has 0 aliphatic heterocycles. The highest BCUT2D eigenvalue weighted by molar-refractivity contribution is 5.69. The Morgan fingerprint density at radius 3 is 1.44 bits per heavy atom. The molecule has 1 aliphatic rings. The lowest BCUT2D eigenvalue weighted by Crippen LogP contribution is -2.22. The number of unbranched alkanes of at least 4 members (excludes halogenated alkanes) is 18. The first-order valence-electron chi connectivity index (χ1n) is 22.0. The van der Waals surface area contributed by atoms with E-state index in [2.05, 4.69) is 81.5 Å². The van der Waals surface area contributed by atoms with Crippen molar-refractivity contribution < 1.29 is 9.53 Å². The van der Waals surface area contributed by atoms with Crippen LogP contribution in [0, 0.1) is 5.41 Å². The predicted molar refractivity (Wildman–Crippen MR) is 222 cm³/mol. The van der Waals surface area contributed by atoms with Gasteiger partial charge in [0.25, 0.3) is 0 Å².